The van der Waals surface area contributed by atoms with Gasteiger partial charge in [0.1, 0.15) is 5.69 Å². The number of esters is 1. The molecule has 0 amide bonds. The maximum Gasteiger partial charge on any atom is 0.355 e. The molecule has 2 aromatic rings. The van der Waals surface area contributed by atoms with Crippen molar-refractivity contribution in [2.75, 3.05) is 0 Å². The molecular weight excluding hydrogens is 306 g/mol. The molecular formula is C19H23NO4. The van der Waals surface area contributed by atoms with Crippen LogP contribution in [0.15, 0.2) is 24.3 Å². The van der Waals surface area contributed by atoms with Crippen LogP contribution in [0.5, 0.6) is 0 Å². The number of carbonyl (C=O) groups excluding carboxylic acids is 2. The molecule has 0 radical (unpaired) electrons. The van der Waals surface area contributed by atoms with Crippen LogP contribution in [-0.2, 0) is 4.74 Å². The van der Waals surface area contributed by atoms with E-state index in [9.17, 15) is 14.7 Å². The Morgan fingerprint density at radius 1 is 1.08 bits per heavy atom. The zero-order chi connectivity index (χ0) is 18.0. The highest BCUT2D eigenvalue weighted by Gasteiger charge is 2.25. The van der Waals surface area contributed by atoms with Gasteiger partial charge in [0.25, 0.3) is 0 Å². The summed E-state index contributed by atoms with van der Waals surface area (Å²) in [6.45, 7) is 8.66. The third-order valence-electron chi connectivity index (χ3n) is 4.11. The number of nitrogens with one attached hydrogen (secondary N) is 1. The number of ether oxygens (including phenoxy) is 1. The summed E-state index contributed by atoms with van der Waals surface area (Å²) in [7, 11) is 0. The van der Waals surface area contributed by atoms with E-state index in [1.54, 1.807) is 39.8 Å². The highest BCUT2D eigenvalue weighted by Crippen LogP contribution is 2.25. The van der Waals surface area contributed by atoms with Crippen molar-refractivity contribution in [3.8, 4) is 0 Å². The molecule has 0 aliphatic rings. The number of rotatable bonds is 5. The highest BCUT2D eigenvalue weighted by molar-refractivity contribution is 6.01. The third-order valence-corrected chi connectivity index (χ3v) is 4.11. The molecule has 0 aliphatic heterocycles. The molecule has 0 aliphatic carbocycles. The Morgan fingerprint density at radius 2 is 1.67 bits per heavy atom. The van der Waals surface area contributed by atoms with E-state index < -0.39 is 18.2 Å². The number of hydrogen-bond acceptors (Lipinski definition) is 4. The minimum absolute atomic E-state index is 0.250. The summed E-state index contributed by atoms with van der Waals surface area (Å²) < 4.78 is 5.31. The maximum atomic E-state index is 12.4. The zero-order valence-corrected chi connectivity index (χ0v) is 14.6. The lowest BCUT2D eigenvalue weighted by atomic mass is 10.0. The number of Topliss-reactive ketones (excluding diaryl/α,β-unsaturated/α-hetero) is 1. The number of aliphatic hydroxyl groups is 1. The Hall–Kier alpha value is -2.40. The minimum atomic E-state index is -0.891. The second kappa shape index (κ2) is 7.01. The molecule has 5 nitrogen and oxygen atoms in total. The summed E-state index contributed by atoms with van der Waals surface area (Å²) in [5.41, 5.74) is 3.87. The van der Waals surface area contributed by atoms with Gasteiger partial charge in [-0.3, -0.25) is 4.79 Å². The molecule has 0 saturated heterocycles. The Morgan fingerprint density at radius 3 is 2.17 bits per heavy atom. The predicted molar refractivity (Wildman–Crippen MR) is 91.3 cm³/mol. The van der Waals surface area contributed by atoms with E-state index in [4.69, 9.17) is 4.74 Å². The van der Waals surface area contributed by atoms with Crippen LogP contribution in [0, 0.1) is 20.8 Å². The maximum absolute atomic E-state index is 12.4. The van der Waals surface area contributed by atoms with Crippen molar-refractivity contribution in [2.24, 2.45) is 0 Å². The highest BCUT2D eigenvalue weighted by atomic mass is 16.5. The standard InChI is InChI=1S/C19H23NO4/c1-10-6-8-15(9-7-10)18(22)14(5)24-19(23)17-11(2)16(13(4)21)12(3)20-17/h6-9,13-14,20-21H,1-5H3/t13-,14-/m0/s1. The molecule has 1 heterocycles. The predicted octanol–water partition coefficient (Wildman–Crippen LogP) is 3.42. The van der Waals surface area contributed by atoms with Crippen molar-refractivity contribution in [1.29, 1.82) is 0 Å². The normalized spacial score (nSPS) is 13.4. The molecule has 128 valence electrons. The monoisotopic (exact) mass is 329 g/mol. The molecule has 0 bridgehead atoms. The van der Waals surface area contributed by atoms with Crippen LogP contribution in [-0.4, -0.2) is 27.9 Å². The molecule has 2 rings (SSSR count). The molecule has 24 heavy (non-hydrogen) atoms. The lowest BCUT2D eigenvalue weighted by molar-refractivity contribution is 0.0313. The number of carbonyl (C=O) groups is 2. The van der Waals surface area contributed by atoms with Gasteiger partial charge < -0.3 is 14.8 Å². The Labute approximate surface area is 141 Å². The number of aryl methyl sites for hydroxylation is 2. The van der Waals surface area contributed by atoms with Crippen molar-refractivity contribution >= 4 is 11.8 Å². The lowest BCUT2D eigenvalue weighted by Crippen LogP contribution is -2.25. The van der Waals surface area contributed by atoms with E-state index in [2.05, 4.69) is 4.98 Å². The second-order valence-electron chi connectivity index (χ2n) is 6.12. The van der Waals surface area contributed by atoms with Crippen LogP contribution in [0.1, 0.15) is 63.2 Å². The lowest BCUT2D eigenvalue weighted by Gasteiger charge is -2.12. The van der Waals surface area contributed by atoms with E-state index in [-0.39, 0.29) is 11.5 Å². The summed E-state index contributed by atoms with van der Waals surface area (Å²) in [4.78, 5) is 27.7. The summed E-state index contributed by atoms with van der Waals surface area (Å²) in [5, 5.41) is 9.80. The second-order valence-corrected chi connectivity index (χ2v) is 6.12. The van der Waals surface area contributed by atoms with Crippen LogP contribution in [0.2, 0.25) is 0 Å². The number of benzene rings is 1. The third kappa shape index (κ3) is 3.57. The van der Waals surface area contributed by atoms with Crippen molar-refractivity contribution in [1.82, 2.24) is 4.98 Å². The van der Waals surface area contributed by atoms with Crippen molar-refractivity contribution in [2.45, 2.75) is 46.8 Å². The van der Waals surface area contributed by atoms with Crippen LogP contribution in [0.4, 0.5) is 0 Å². The number of aromatic amines is 1. The van der Waals surface area contributed by atoms with Crippen LogP contribution < -0.4 is 0 Å². The Balaban J connectivity index is 2.16. The molecule has 0 saturated carbocycles. The summed E-state index contributed by atoms with van der Waals surface area (Å²) in [6, 6.07) is 7.12. The summed E-state index contributed by atoms with van der Waals surface area (Å²) >= 11 is 0. The van der Waals surface area contributed by atoms with Crippen LogP contribution in [0.25, 0.3) is 0 Å². The van der Waals surface area contributed by atoms with Crippen molar-refractivity contribution < 1.29 is 19.4 Å². The average molecular weight is 329 g/mol. The fraction of sp³-hybridized carbons (Fsp3) is 0.368. The average Bonchev–Trinajstić information content (AvgIpc) is 2.82. The first-order valence-corrected chi connectivity index (χ1v) is 7.91. The first-order chi connectivity index (χ1) is 11.2. The number of hydrogen-bond donors (Lipinski definition) is 2. The quantitative estimate of drug-likeness (QED) is 0.651. The van der Waals surface area contributed by atoms with Gasteiger partial charge in [-0.2, -0.15) is 0 Å². The van der Waals surface area contributed by atoms with Gasteiger partial charge in [-0.25, -0.2) is 4.79 Å². The topological polar surface area (TPSA) is 79.4 Å². The molecule has 2 atom stereocenters. The number of aliphatic hydroxyl groups excluding tert-OH is 1. The first-order valence-electron chi connectivity index (χ1n) is 7.91. The summed E-state index contributed by atoms with van der Waals surface area (Å²) in [6.07, 6.45) is -1.58. The van der Waals surface area contributed by atoms with Gasteiger partial charge in [-0.1, -0.05) is 29.8 Å². The largest absolute Gasteiger partial charge is 0.450 e. The molecule has 0 unspecified atom stereocenters. The van der Waals surface area contributed by atoms with Gasteiger partial charge >= 0.3 is 5.97 Å². The van der Waals surface area contributed by atoms with E-state index in [0.717, 1.165) is 5.56 Å². The van der Waals surface area contributed by atoms with E-state index in [0.29, 0.717) is 22.4 Å². The Bertz CT molecular complexity index is 756. The van der Waals surface area contributed by atoms with Gasteiger partial charge in [0, 0.05) is 16.8 Å². The zero-order valence-electron chi connectivity index (χ0n) is 14.6. The van der Waals surface area contributed by atoms with Gasteiger partial charge in [0.05, 0.1) is 6.10 Å². The molecule has 2 N–H and O–H groups in total. The number of aromatic nitrogens is 1. The van der Waals surface area contributed by atoms with Gasteiger partial charge in [0.2, 0.25) is 5.78 Å². The fourth-order valence-corrected chi connectivity index (χ4v) is 2.82. The minimum Gasteiger partial charge on any atom is -0.450 e. The smallest absolute Gasteiger partial charge is 0.355 e. The van der Waals surface area contributed by atoms with Crippen molar-refractivity contribution in [3.63, 3.8) is 0 Å². The number of H-pyrrole nitrogens is 1. The number of ketones is 1. The van der Waals surface area contributed by atoms with E-state index in [1.165, 1.54) is 0 Å². The van der Waals surface area contributed by atoms with Gasteiger partial charge in [-0.05, 0) is 40.2 Å². The van der Waals surface area contributed by atoms with Crippen LogP contribution in [0.3, 0.4) is 0 Å². The molecule has 0 spiro atoms. The molecule has 0 fully saturated rings. The molecule has 5 heteroatoms. The molecule has 1 aromatic carbocycles. The van der Waals surface area contributed by atoms with Crippen LogP contribution >= 0.6 is 0 Å². The fourth-order valence-electron chi connectivity index (χ4n) is 2.82. The first kappa shape index (κ1) is 17.9. The Kier molecular flexibility index (Phi) is 5.24. The van der Waals surface area contributed by atoms with Gasteiger partial charge in [-0.15, -0.1) is 0 Å². The van der Waals surface area contributed by atoms with Gasteiger partial charge in [0.15, 0.2) is 6.10 Å². The van der Waals surface area contributed by atoms with E-state index in [1.807, 2.05) is 19.1 Å². The summed E-state index contributed by atoms with van der Waals surface area (Å²) in [5.74, 6) is -0.851. The van der Waals surface area contributed by atoms with E-state index >= 15 is 0 Å². The molecule has 1 aromatic heterocycles. The SMILES string of the molecule is Cc1ccc(C(=O)[C@H](C)OC(=O)c2[nH]c(C)c([C@H](C)O)c2C)cc1. The van der Waals surface area contributed by atoms with Crippen molar-refractivity contribution in [3.05, 3.63) is 57.9 Å².